The fourth-order valence-corrected chi connectivity index (χ4v) is 12.9. The first-order valence-electron chi connectivity index (χ1n) is 15.4. The zero-order valence-electron chi connectivity index (χ0n) is 25.2. The van der Waals surface area contributed by atoms with E-state index < -0.39 is 28.0 Å². The second-order valence-corrected chi connectivity index (χ2v) is 23.2. The third-order valence-electron chi connectivity index (χ3n) is 10.3. The molecule has 1 aliphatic heterocycles. The second kappa shape index (κ2) is 12.4. The molecule has 0 amide bonds. The molecular weight excluding hydrogens is 519 g/mol. The minimum Gasteiger partial charge on any atom is -0.540 e. The molecule has 214 valence electrons. The molecule has 0 radical (unpaired) electrons. The highest BCUT2D eigenvalue weighted by Gasteiger charge is 2.41. The molecule has 1 unspecified atom stereocenters. The lowest BCUT2D eigenvalue weighted by Gasteiger charge is -2.42. The Hall–Kier alpha value is -1.73. The van der Waals surface area contributed by atoms with Gasteiger partial charge in [0.05, 0.1) is 8.07 Å². The van der Waals surface area contributed by atoms with E-state index in [2.05, 4.69) is 64.1 Å². The van der Waals surface area contributed by atoms with Crippen molar-refractivity contribution in [2.45, 2.75) is 115 Å². The van der Waals surface area contributed by atoms with Gasteiger partial charge in [0, 0.05) is 0 Å². The van der Waals surface area contributed by atoms with Crippen molar-refractivity contribution in [3.63, 3.8) is 0 Å². The van der Waals surface area contributed by atoms with Crippen LogP contribution < -0.4 is 9.61 Å². The average molecular weight is 569 g/mol. The largest absolute Gasteiger partial charge is 0.540 e. The molecule has 1 fully saturated rings. The lowest BCUT2D eigenvalue weighted by molar-refractivity contribution is 0.284. The predicted octanol–water partition coefficient (Wildman–Crippen LogP) is 10.5. The molecule has 0 spiro atoms. The van der Waals surface area contributed by atoms with E-state index in [1.54, 1.807) is 5.19 Å². The number of benzene rings is 2. The number of allylic oxidation sites excluding steroid dienone is 2. The predicted molar refractivity (Wildman–Crippen MR) is 168 cm³/mol. The molecular formula is C34H50F2OSi2. The second-order valence-electron chi connectivity index (χ2n) is 13.8. The molecule has 0 aromatic heterocycles. The highest BCUT2D eigenvalue weighted by molar-refractivity contribution is 6.92. The van der Waals surface area contributed by atoms with E-state index in [0.29, 0.717) is 11.5 Å². The maximum absolute atomic E-state index is 15.1. The molecule has 1 saturated heterocycles. The summed E-state index contributed by atoms with van der Waals surface area (Å²) in [4.78, 5) is 0. The fourth-order valence-electron chi connectivity index (χ4n) is 6.65. The molecule has 1 nitrogen and oxygen atoms in total. The van der Waals surface area contributed by atoms with Crippen molar-refractivity contribution in [2.24, 2.45) is 11.8 Å². The average Bonchev–Trinajstić information content (AvgIpc) is 2.91. The molecule has 2 aromatic rings. The van der Waals surface area contributed by atoms with Crippen molar-refractivity contribution in [2.75, 3.05) is 0 Å². The Bertz CT molecular complexity index is 1100. The van der Waals surface area contributed by atoms with Crippen LogP contribution in [0.2, 0.25) is 36.3 Å². The van der Waals surface area contributed by atoms with E-state index in [1.807, 2.05) is 13.1 Å². The van der Waals surface area contributed by atoms with E-state index in [0.717, 1.165) is 30.8 Å². The summed E-state index contributed by atoms with van der Waals surface area (Å²) in [5, 5.41) is 1.55. The van der Waals surface area contributed by atoms with E-state index in [-0.39, 0.29) is 10.8 Å². The SMILES string of the molecule is CCCCC[Si]1(c2ccccc2)CCC(C2CC=C(c3cc(F)c(O[Si](C)(C)C(C)(C)C)c(F)c3)CC2)CC1. The van der Waals surface area contributed by atoms with Gasteiger partial charge in [-0.2, -0.15) is 0 Å². The van der Waals surface area contributed by atoms with Crippen molar-refractivity contribution in [1.82, 2.24) is 0 Å². The minimum absolute atomic E-state index is 0.122. The number of halogens is 2. The first kappa shape index (κ1) is 30.2. The van der Waals surface area contributed by atoms with Crippen LogP contribution in [-0.4, -0.2) is 16.4 Å². The Morgan fingerprint density at radius 3 is 2.10 bits per heavy atom. The molecule has 1 aliphatic carbocycles. The lowest BCUT2D eigenvalue weighted by Crippen LogP contribution is -2.50. The van der Waals surface area contributed by atoms with Crippen molar-refractivity contribution in [3.8, 4) is 5.75 Å². The zero-order valence-corrected chi connectivity index (χ0v) is 27.2. The molecule has 0 bridgehead atoms. The van der Waals surface area contributed by atoms with Gasteiger partial charge in [0.1, 0.15) is 0 Å². The summed E-state index contributed by atoms with van der Waals surface area (Å²) >= 11 is 0. The van der Waals surface area contributed by atoms with Crippen LogP contribution in [0.15, 0.2) is 48.5 Å². The number of unbranched alkanes of at least 4 members (excludes halogenated alkanes) is 2. The van der Waals surface area contributed by atoms with Crippen LogP contribution in [0.3, 0.4) is 0 Å². The van der Waals surface area contributed by atoms with Gasteiger partial charge in [-0.25, -0.2) is 8.78 Å². The smallest absolute Gasteiger partial charge is 0.250 e. The van der Waals surface area contributed by atoms with Crippen molar-refractivity contribution < 1.29 is 13.2 Å². The topological polar surface area (TPSA) is 9.23 Å². The Labute approximate surface area is 238 Å². The van der Waals surface area contributed by atoms with Crippen LogP contribution >= 0.6 is 0 Å². The Kier molecular flexibility index (Phi) is 9.63. The first-order valence-corrected chi connectivity index (χ1v) is 20.9. The Morgan fingerprint density at radius 1 is 0.923 bits per heavy atom. The number of rotatable bonds is 9. The highest BCUT2D eigenvalue weighted by atomic mass is 28.4. The highest BCUT2D eigenvalue weighted by Crippen LogP contribution is 2.45. The number of hydrogen-bond acceptors (Lipinski definition) is 1. The molecule has 4 rings (SSSR count). The van der Waals surface area contributed by atoms with Gasteiger partial charge in [0.2, 0.25) is 0 Å². The van der Waals surface area contributed by atoms with Gasteiger partial charge in [-0.3, -0.25) is 0 Å². The van der Waals surface area contributed by atoms with Crippen LogP contribution in [0, 0.1) is 23.5 Å². The summed E-state index contributed by atoms with van der Waals surface area (Å²) in [6.45, 7) is 12.6. The van der Waals surface area contributed by atoms with E-state index in [4.69, 9.17) is 4.43 Å². The van der Waals surface area contributed by atoms with Crippen LogP contribution in [0.1, 0.15) is 84.6 Å². The fraction of sp³-hybridized carbons (Fsp3) is 0.588. The molecule has 0 saturated carbocycles. The van der Waals surface area contributed by atoms with Crippen molar-refractivity contribution in [3.05, 3.63) is 65.7 Å². The summed E-state index contributed by atoms with van der Waals surface area (Å²) in [5.41, 5.74) is 1.77. The van der Waals surface area contributed by atoms with Crippen LogP contribution in [0.25, 0.3) is 5.57 Å². The molecule has 1 atom stereocenters. The third-order valence-corrected chi connectivity index (χ3v) is 20.0. The summed E-state index contributed by atoms with van der Waals surface area (Å²) in [6.07, 6.45) is 12.1. The Morgan fingerprint density at radius 2 is 1.56 bits per heavy atom. The van der Waals surface area contributed by atoms with Gasteiger partial charge in [-0.1, -0.05) is 120 Å². The van der Waals surface area contributed by atoms with Gasteiger partial charge in [-0.05, 0) is 72.5 Å². The first-order chi connectivity index (χ1) is 18.5. The van der Waals surface area contributed by atoms with Gasteiger partial charge in [0.25, 0.3) is 8.32 Å². The normalized spacial score (nSPS) is 24.4. The monoisotopic (exact) mass is 568 g/mol. The quantitative estimate of drug-likeness (QED) is 0.216. The van der Waals surface area contributed by atoms with Gasteiger partial charge < -0.3 is 4.43 Å². The zero-order chi connectivity index (χ0) is 28.3. The molecule has 1 heterocycles. The van der Waals surface area contributed by atoms with Gasteiger partial charge in [-0.15, -0.1) is 0 Å². The van der Waals surface area contributed by atoms with Crippen LogP contribution in [0.4, 0.5) is 8.78 Å². The van der Waals surface area contributed by atoms with Gasteiger partial charge >= 0.3 is 0 Å². The third kappa shape index (κ3) is 6.95. The van der Waals surface area contributed by atoms with Crippen molar-refractivity contribution in [1.29, 1.82) is 0 Å². The van der Waals surface area contributed by atoms with Crippen molar-refractivity contribution >= 4 is 27.2 Å². The van der Waals surface area contributed by atoms with Crippen LogP contribution in [0.5, 0.6) is 5.75 Å². The maximum Gasteiger partial charge on any atom is 0.250 e. The van der Waals surface area contributed by atoms with E-state index in [1.165, 1.54) is 62.4 Å². The summed E-state index contributed by atoms with van der Waals surface area (Å²) in [5.74, 6) is 0.132. The minimum atomic E-state index is -2.33. The Balaban J connectivity index is 1.41. The van der Waals surface area contributed by atoms with E-state index in [9.17, 15) is 0 Å². The standard InChI is InChI=1S/C34H50F2OSi2/c1-7-8-12-21-39(30-13-10-9-11-14-30)22-19-28(20-23-39)26-15-17-27(18-16-26)29-24-31(35)33(32(36)25-29)37-38(5,6)34(2,3)4/h9-11,13-14,17,24-26,28H,7-8,12,15-16,18-23H2,1-6H3. The van der Waals surface area contributed by atoms with Gasteiger partial charge in [0.15, 0.2) is 17.4 Å². The molecule has 0 N–H and O–H groups in total. The van der Waals surface area contributed by atoms with E-state index >= 15 is 8.78 Å². The lowest BCUT2D eigenvalue weighted by atomic mass is 9.77. The number of hydrogen-bond donors (Lipinski definition) is 0. The maximum atomic E-state index is 15.1. The summed E-state index contributed by atoms with van der Waals surface area (Å²) < 4.78 is 36.2. The molecule has 39 heavy (non-hydrogen) atoms. The van der Waals surface area contributed by atoms with Crippen LogP contribution in [-0.2, 0) is 0 Å². The summed E-state index contributed by atoms with van der Waals surface area (Å²) in [7, 11) is -3.75. The molecule has 5 heteroatoms. The molecule has 2 aromatic carbocycles. The summed E-state index contributed by atoms with van der Waals surface area (Å²) in [6, 6.07) is 18.7. The molecule has 2 aliphatic rings.